The third-order valence-electron chi connectivity index (χ3n) is 14.5. The zero-order valence-corrected chi connectivity index (χ0v) is 52.1. The molecule has 0 saturated heterocycles. The lowest BCUT2D eigenvalue weighted by atomic mass is 9.95. The highest BCUT2D eigenvalue weighted by Crippen LogP contribution is 2.29. The summed E-state index contributed by atoms with van der Waals surface area (Å²) in [5, 5.41) is 56.6. The van der Waals surface area contributed by atoms with Crippen LogP contribution < -0.4 is 21.3 Å². The molecule has 0 aliphatic heterocycles. The average Bonchev–Trinajstić information content (AvgIpc) is 0.816. The summed E-state index contributed by atoms with van der Waals surface area (Å²) in [7, 11) is 0. The first-order valence-electron chi connectivity index (χ1n) is 30.0. The van der Waals surface area contributed by atoms with Crippen molar-refractivity contribution in [3.05, 3.63) is 315 Å². The van der Waals surface area contributed by atoms with Crippen LogP contribution in [0.2, 0.25) is 0 Å². The van der Waals surface area contributed by atoms with Crippen LogP contribution in [0, 0.1) is 24.7 Å². The van der Waals surface area contributed by atoms with E-state index in [9.17, 15) is 53.4 Å². The van der Waals surface area contributed by atoms with E-state index in [0.717, 1.165) is 40.7 Å². The third-order valence-corrected chi connectivity index (χ3v) is 14.5. The topological polar surface area (TPSA) is 303 Å². The highest BCUT2D eigenvalue weighted by molar-refractivity contribution is 6.11. The van der Waals surface area contributed by atoms with E-state index in [1.54, 1.807) is 170 Å². The van der Waals surface area contributed by atoms with Crippen molar-refractivity contribution in [2.45, 2.75) is 46.1 Å². The molecule has 0 fully saturated rings. The number of nitrogens with one attached hydrogen (secondary N) is 4. The molecule has 0 heterocycles. The standard InChI is InChI=1S/2C22H15NO3.C18H19NO3.C17H15NO5.CH4/c1-2-15-11-13-16(14-12-15)23-21(24)19-9-5-3-7-17(19)18-8-4-6-10-20(18)22(25)26;1-2-15-7-13-18(14-8-15)23-21(24)20-6-4-3-5-19(20)16-9-11-17(12-10-16)22(25)26;1-2-5-13-8-10-15(11-9-13)19-18(22)16-7-4-3-6-14(16)12-17(20)21;19-15(12-8-4-5-9-13(12)16(20)21)18-14(17(22)23)10-11-6-2-1-3-7-11;/h2*1,3-14H,(H,23,24)(H,25,26);3-4,6-11H,2,5,12H2,1H3,(H,19,22)(H,20,21);1-9,14H,10H2,(H,18,19)(H,20,21)(H,22,23);1H4. The van der Waals surface area contributed by atoms with E-state index in [1.165, 1.54) is 48.0 Å². The van der Waals surface area contributed by atoms with Crippen molar-refractivity contribution >= 4 is 70.5 Å². The van der Waals surface area contributed by atoms with Crippen LogP contribution in [0.3, 0.4) is 0 Å². The van der Waals surface area contributed by atoms with Gasteiger partial charge in [0.15, 0.2) is 0 Å². The number of aryl methyl sites for hydroxylation is 1. The van der Waals surface area contributed by atoms with Crippen LogP contribution in [0.5, 0.6) is 0 Å². The van der Waals surface area contributed by atoms with Gasteiger partial charge in [-0.15, -0.1) is 12.8 Å². The van der Waals surface area contributed by atoms with E-state index < -0.39 is 41.8 Å². The summed E-state index contributed by atoms with van der Waals surface area (Å²) < 4.78 is 0. The summed E-state index contributed by atoms with van der Waals surface area (Å²) in [6.45, 7) is 2.12. The summed E-state index contributed by atoms with van der Waals surface area (Å²) in [6, 6.07) is 68.9. The second-order valence-electron chi connectivity index (χ2n) is 21.2. The molecule has 10 rings (SSSR count). The van der Waals surface area contributed by atoms with E-state index in [0.29, 0.717) is 50.4 Å². The molecule has 0 aliphatic rings. The van der Waals surface area contributed by atoms with Crippen LogP contribution in [0.4, 0.5) is 17.1 Å². The number of carbonyl (C=O) groups excluding carboxylic acids is 4. The summed E-state index contributed by atoms with van der Waals surface area (Å²) in [5.41, 5.74) is 9.83. The molecule has 18 heteroatoms. The Bertz CT molecular complexity index is 4560. The van der Waals surface area contributed by atoms with Gasteiger partial charge < -0.3 is 46.8 Å². The molecule has 0 aliphatic carbocycles. The van der Waals surface area contributed by atoms with Crippen molar-refractivity contribution in [2.75, 3.05) is 16.0 Å². The van der Waals surface area contributed by atoms with E-state index in [1.807, 2.05) is 36.4 Å². The second-order valence-corrected chi connectivity index (χ2v) is 21.2. The molecule has 0 radical (unpaired) electrons. The molecule has 10 aromatic rings. The molecule has 18 nitrogen and oxygen atoms in total. The predicted molar refractivity (Wildman–Crippen MR) is 378 cm³/mol. The number of anilines is 3. The quantitative estimate of drug-likeness (QED) is 0.0321. The number of hydrogen-bond acceptors (Lipinski definition) is 9. The number of aromatic carboxylic acids is 3. The third kappa shape index (κ3) is 21.3. The van der Waals surface area contributed by atoms with Crippen molar-refractivity contribution in [3.8, 4) is 46.9 Å². The van der Waals surface area contributed by atoms with Gasteiger partial charge in [-0.2, -0.15) is 0 Å². The van der Waals surface area contributed by atoms with Crippen molar-refractivity contribution in [1.29, 1.82) is 0 Å². The van der Waals surface area contributed by atoms with E-state index in [2.05, 4.69) is 40.0 Å². The number of carboxylic acid groups (broad SMARTS) is 5. The Kier molecular flexibility index (Phi) is 27.6. The second kappa shape index (κ2) is 36.7. The Morgan fingerprint density at radius 1 is 0.388 bits per heavy atom. The summed E-state index contributed by atoms with van der Waals surface area (Å²) in [6.07, 6.45) is 12.7. The van der Waals surface area contributed by atoms with Crippen molar-refractivity contribution in [3.63, 3.8) is 0 Å². The molecule has 492 valence electrons. The molecule has 0 bridgehead atoms. The highest BCUT2D eigenvalue weighted by Gasteiger charge is 2.24. The maximum atomic E-state index is 12.7. The maximum Gasteiger partial charge on any atom is 0.336 e. The predicted octanol–water partition coefficient (Wildman–Crippen LogP) is 14.5. The fraction of sp³-hybridized carbons (Fsp3) is 0.0875. The van der Waals surface area contributed by atoms with Crippen LogP contribution in [-0.2, 0) is 28.9 Å². The van der Waals surface area contributed by atoms with Gasteiger partial charge in [-0.25, -0.2) is 19.2 Å². The van der Waals surface area contributed by atoms with E-state index in [4.69, 9.17) is 28.2 Å². The van der Waals surface area contributed by atoms with Gasteiger partial charge in [0.2, 0.25) is 0 Å². The van der Waals surface area contributed by atoms with Gasteiger partial charge in [0.05, 0.1) is 28.7 Å². The molecular formula is C80H68N4O14. The molecule has 4 amide bonds. The lowest BCUT2D eigenvalue weighted by Gasteiger charge is -2.15. The van der Waals surface area contributed by atoms with Crippen LogP contribution >= 0.6 is 0 Å². The summed E-state index contributed by atoms with van der Waals surface area (Å²) in [4.78, 5) is 106. The summed E-state index contributed by atoms with van der Waals surface area (Å²) >= 11 is 0. The van der Waals surface area contributed by atoms with Crippen LogP contribution in [0.1, 0.15) is 121 Å². The number of benzene rings is 10. The van der Waals surface area contributed by atoms with Gasteiger partial charge >= 0.3 is 29.8 Å². The number of rotatable bonds is 20. The fourth-order valence-electron chi connectivity index (χ4n) is 9.70. The largest absolute Gasteiger partial charge is 0.481 e. The molecular weight excluding hydrogens is 1240 g/mol. The molecule has 10 aromatic carbocycles. The minimum atomic E-state index is -1.24. The van der Waals surface area contributed by atoms with Gasteiger partial charge in [0, 0.05) is 51.3 Å². The summed E-state index contributed by atoms with van der Waals surface area (Å²) in [5.74, 6) is -1.97. The Morgan fingerprint density at radius 3 is 1.24 bits per heavy atom. The van der Waals surface area contributed by atoms with Crippen molar-refractivity contribution in [2.24, 2.45) is 0 Å². The van der Waals surface area contributed by atoms with Crippen LogP contribution in [-0.4, -0.2) is 85.0 Å². The zero-order valence-electron chi connectivity index (χ0n) is 52.1. The van der Waals surface area contributed by atoms with E-state index in [-0.39, 0.29) is 60.2 Å². The first-order valence-corrected chi connectivity index (χ1v) is 30.0. The van der Waals surface area contributed by atoms with Crippen molar-refractivity contribution < 1.29 is 68.7 Å². The minimum Gasteiger partial charge on any atom is -0.481 e. The number of amides is 4. The normalized spacial score (nSPS) is 10.3. The Hall–Kier alpha value is -13.5. The molecule has 9 N–H and O–H groups in total. The lowest BCUT2D eigenvalue weighted by Crippen LogP contribution is -2.42. The van der Waals surface area contributed by atoms with Gasteiger partial charge in [-0.1, -0.05) is 172 Å². The average molecular weight is 1310 g/mol. The minimum absolute atomic E-state index is 0. The number of terminal acetylenes is 2. The first-order chi connectivity index (χ1) is 46.8. The van der Waals surface area contributed by atoms with Gasteiger partial charge in [0.1, 0.15) is 6.04 Å². The lowest BCUT2D eigenvalue weighted by molar-refractivity contribution is -0.139. The zero-order chi connectivity index (χ0) is 69.8. The maximum absolute atomic E-state index is 12.7. The van der Waals surface area contributed by atoms with Gasteiger partial charge in [-0.05, 0) is 155 Å². The fourth-order valence-corrected chi connectivity index (χ4v) is 9.70. The Morgan fingerprint density at radius 2 is 0.786 bits per heavy atom. The smallest absolute Gasteiger partial charge is 0.336 e. The Balaban J connectivity index is 0.000000206. The van der Waals surface area contributed by atoms with Gasteiger partial charge in [0.25, 0.3) is 23.6 Å². The van der Waals surface area contributed by atoms with Crippen LogP contribution in [0.15, 0.2) is 249 Å². The molecule has 0 aromatic heterocycles. The number of hydrogen-bond donors (Lipinski definition) is 9. The van der Waals surface area contributed by atoms with Crippen LogP contribution in [0.25, 0.3) is 22.3 Å². The molecule has 98 heavy (non-hydrogen) atoms. The monoisotopic (exact) mass is 1310 g/mol. The van der Waals surface area contributed by atoms with Gasteiger partial charge in [-0.3, -0.25) is 24.0 Å². The highest BCUT2D eigenvalue weighted by atomic mass is 16.4. The first kappa shape index (κ1) is 73.6. The Labute approximate surface area is 566 Å². The SMILES string of the molecule is C.C#Cc1ccc(NC(=O)c2ccccc2-c2ccc(C(=O)O)cc2)cc1.C#Cc1ccc(NC(=O)c2ccccc2-c2ccccc2C(=O)O)cc1.CCCc1ccc(NC(=O)c2ccccc2CC(=O)O)cc1.O=C(O)c1ccccc1C(=O)NC(Cc1ccccc1)C(=O)O. The number of carboxylic acids is 5. The molecule has 1 unspecified atom stereocenters. The van der Waals surface area contributed by atoms with Crippen molar-refractivity contribution in [1.82, 2.24) is 5.32 Å². The molecule has 1 atom stereocenters. The van der Waals surface area contributed by atoms with E-state index >= 15 is 0 Å². The number of aliphatic carboxylic acids is 2. The molecule has 0 spiro atoms. The molecule has 0 saturated carbocycles. The number of carbonyl (C=O) groups is 9.